The molecule has 0 aliphatic rings. The van der Waals surface area contributed by atoms with Crippen molar-refractivity contribution >= 4 is 68.1 Å². The number of fused-ring (bicyclic) bond motifs is 1. The molecule has 0 saturated heterocycles. The zero-order valence-corrected chi connectivity index (χ0v) is 21.3. The second kappa shape index (κ2) is 11.3. The van der Waals surface area contributed by atoms with Gasteiger partial charge in [0, 0.05) is 18.8 Å². The summed E-state index contributed by atoms with van der Waals surface area (Å²) in [5.41, 5.74) is 6.55. The van der Waals surface area contributed by atoms with Gasteiger partial charge in [-0.3, -0.25) is 14.9 Å². The van der Waals surface area contributed by atoms with Crippen LogP contribution in [0.25, 0.3) is 21.5 Å². The number of nitrogens with zero attached hydrogens (tertiary/aromatic N) is 5. The number of hydrogen-bond acceptors (Lipinski definition) is 9. The number of aromatic nitrogens is 4. The maximum atomic E-state index is 14.2. The first-order chi connectivity index (χ1) is 17.6. The number of pyridine rings is 1. The fourth-order valence-electron chi connectivity index (χ4n) is 3.31. The van der Waals surface area contributed by atoms with E-state index in [1.165, 1.54) is 25.4 Å². The summed E-state index contributed by atoms with van der Waals surface area (Å²) in [6.07, 6.45) is -1.63. The molecule has 5 N–H and O–H groups in total. The van der Waals surface area contributed by atoms with Gasteiger partial charge in [0.05, 0.1) is 33.3 Å². The predicted molar refractivity (Wildman–Crippen MR) is 141 cm³/mol. The Hall–Kier alpha value is -4.04. The molecule has 4 aromatic rings. The molecule has 0 saturated carbocycles. The fourth-order valence-corrected chi connectivity index (χ4v) is 4.36. The van der Waals surface area contributed by atoms with Crippen molar-refractivity contribution in [3.63, 3.8) is 0 Å². The van der Waals surface area contributed by atoms with Gasteiger partial charge in [-0.2, -0.15) is 23.4 Å². The zero-order chi connectivity index (χ0) is 27.3. The first-order valence-corrected chi connectivity index (χ1v) is 11.8. The number of carbonyl (C=O) groups is 1. The van der Waals surface area contributed by atoms with Crippen molar-refractivity contribution in [2.45, 2.75) is 20.0 Å². The van der Waals surface area contributed by atoms with Gasteiger partial charge in [-0.15, -0.1) is 0 Å². The first kappa shape index (κ1) is 27.5. The molecule has 0 unspecified atom stereocenters. The smallest absolute Gasteiger partial charge is 0.375 e. The molecular weight excluding hydrogens is 531 g/mol. The highest BCUT2D eigenvalue weighted by atomic mass is 35.5. The molecule has 3 aromatic heterocycles. The van der Waals surface area contributed by atoms with E-state index in [-0.39, 0.29) is 27.2 Å². The summed E-state index contributed by atoms with van der Waals surface area (Å²) in [5.74, 6) is -0.937. The van der Waals surface area contributed by atoms with Gasteiger partial charge in [-0.05, 0) is 12.1 Å². The van der Waals surface area contributed by atoms with Gasteiger partial charge >= 0.3 is 6.18 Å². The number of halogens is 4. The molecule has 1 aromatic carbocycles. The van der Waals surface area contributed by atoms with Crippen LogP contribution in [-0.4, -0.2) is 38.1 Å². The lowest BCUT2D eigenvalue weighted by atomic mass is 10.0. The van der Waals surface area contributed by atoms with Crippen LogP contribution in [0.15, 0.2) is 35.6 Å². The number of aryl methyl sites for hydroxylation is 1. The number of benzene rings is 1. The molecule has 0 aliphatic heterocycles. The van der Waals surface area contributed by atoms with Crippen molar-refractivity contribution in [3.05, 3.63) is 46.7 Å². The number of nitrogens with one attached hydrogen (secondary N) is 3. The van der Waals surface area contributed by atoms with Crippen molar-refractivity contribution in [2.75, 3.05) is 16.5 Å². The van der Waals surface area contributed by atoms with Crippen LogP contribution in [0.5, 0.6) is 0 Å². The quantitative estimate of drug-likeness (QED) is 0.179. The van der Waals surface area contributed by atoms with Crippen LogP contribution in [0, 0.1) is 5.41 Å². The minimum absolute atomic E-state index is 0.0427. The Labute approximate surface area is 217 Å². The van der Waals surface area contributed by atoms with Gasteiger partial charge in [0.25, 0.3) is 5.91 Å². The normalized spacial score (nSPS) is 11.3. The summed E-state index contributed by atoms with van der Waals surface area (Å²) >= 11 is 7.12. The summed E-state index contributed by atoms with van der Waals surface area (Å²) in [6, 6.07) is 5.93. The first-order valence-electron chi connectivity index (χ1n) is 10.6. The Bertz CT molecular complexity index is 1480. The second-order valence-corrected chi connectivity index (χ2v) is 8.40. The SMILES string of the molecule is CC.Cn1nc(-c2cccc3nc(N)sc23)c(C(F)(F)F)c1C(=O)Nc1cnc(N/N=C\C=N)c(Cl)c1. The van der Waals surface area contributed by atoms with E-state index in [4.69, 9.17) is 22.7 Å². The number of hydrazone groups is 1. The minimum atomic E-state index is -4.90. The Balaban J connectivity index is 0.00000186. The van der Waals surface area contributed by atoms with Gasteiger partial charge in [0.2, 0.25) is 0 Å². The lowest BCUT2D eigenvalue weighted by Crippen LogP contribution is -2.21. The molecule has 0 atom stereocenters. The van der Waals surface area contributed by atoms with Gasteiger partial charge in [0.1, 0.15) is 17.0 Å². The monoisotopic (exact) mass is 551 g/mol. The average Bonchev–Trinajstić information content (AvgIpc) is 3.40. The Morgan fingerprint density at radius 2 is 2.05 bits per heavy atom. The van der Waals surface area contributed by atoms with Gasteiger partial charge in [-0.25, -0.2) is 9.97 Å². The van der Waals surface area contributed by atoms with E-state index in [0.717, 1.165) is 28.4 Å². The van der Waals surface area contributed by atoms with E-state index in [1.807, 2.05) is 13.8 Å². The molecule has 37 heavy (non-hydrogen) atoms. The number of anilines is 3. The van der Waals surface area contributed by atoms with Crippen LogP contribution in [0.3, 0.4) is 0 Å². The summed E-state index contributed by atoms with van der Waals surface area (Å²) < 4.78 is 44.0. The second-order valence-electron chi connectivity index (χ2n) is 6.96. The number of thiazole rings is 1. The van der Waals surface area contributed by atoms with Crippen LogP contribution in [0.2, 0.25) is 5.02 Å². The molecule has 15 heteroatoms. The Morgan fingerprint density at radius 3 is 2.70 bits per heavy atom. The average molecular weight is 552 g/mol. The van der Waals surface area contributed by atoms with Crippen LogP contribution in [0.1, 0.15) is 29.9 Å². The number of carbonyl (C=O) groups excluding carboxylic acids is 1. The van der Waals surface area contributed by atoms with Crippen molar-refractivity contribution in [1.82, 2.24) is 19.7 Å². The highest BCUT2D eigenvalue weighted by Crippen LogP contribution is 2.42. The van der Waals surface area contributed by atoms with Crippen LogP contribution < -0.4 is 16.5 Å². The molecule has 0 aliphatic carbocycles. The van der Waals surface area contributed by atoms with Crippen molar-refractivity contribution < 1.29 is 18.0 Å². The lowest BCUT2D eigenvalue weighted by molar-refractivity contribution is -0.137. The zero-order valence-electron chi connectivity index (χ0n) is 19.7. The molecule has 10 nitrogen and oxygen atoms in total. The summed E-state index contributed by atoms with van der Waals surface area (Å²) in [6.45, 7) is 4.00. The minimum Gasteiger partial charge on any atom is -0.375 e. The highest BCUT2D eigenvalue weighted by Gasteiger charge is 2.42. The maximum absolute atomic E-state index is 14.2. The largest absolute Gasteiger partial charge is 0.420 e. The molecule has 3 heterocycles. The number of nitrogen functional groups attached to an aromatic ring is 1. The molecule has 0 fully saturated rings. The van der Waals surface area contributed by atoms with E-state index in [1.54, 1.807) is 12.1 Å². The van der Waals surface area contributed by atoms with E-state index in [0.29, 0.717) is 10.2 Å². The lowest BCUT2D eigenvalue weighted by Gasteiger charge is -2.12. The number of alkyl halides is 3. The third kappa shape index (κ3) is 5.86. The van der Waals surface area contributed by atoms with E-state index >= 15 is 0 Å². The van der Waals surface area contributed by atoms with Gasteiger partial charge < -0.3 is 16.5 Å². The van der Waals surface area contributed by atoms with Crippen molar-refractivity contribution in [1.29, 1.82) is 5.41 Å². The summed E-state index contributed by atoms with van der Waals surface area (Å²) in [7, 11) is 1.24. The Kier molecular flexibility index (Phi) is 8.45. The maximum Gasteiger partial charge on any atom is 0.420 e. The number of rotatable bonds is 6. The van der Waals surface area contributed by atoms with Crippen molar-refractivity contribution in [2.24, 2.45) is 12.1 Å². The van der Waals surface area contributed by atoms with Crippen LogP contribution in [0.4, 0.5) is 29.8 Å². The van der Waals surface area contributed by atoms with E-state index < -0.39 is 29.0 Å². The highest BCUT2D eigenvalue weighted by molar-refractivity contribution is 7.22. The predicted octanol–water partition coefficient (Wildman–Crippen LogP) is 5.67. The molecule has 0 radical (unpaired) electrons. The van der Waals surface area contributed by atoms with Gasteiger partial charge in [0.15, 0.2) is 10.9 Å². The molecule has 194 valence electrons. The van der Waals surface area contributed by atoms with Crippen molar-refractivity contribution in [3.8, 4) is 11.3 Å². The summed E-state index contributed by atoms with van der Waals surface area (Å²) in [4.78, 5) is 21.1. The third-order valence-electron chi connectivity index (χ3n) is 4.65. The molecular formula is C22H21ClF3N9OS. The van der Waals surface area contributed by atoms with E-state index in [9.17, 15) is 18.0 Å². The molecule has 1 amide bonds. The fraction of sp³-hybridized carbons (Fsp3) is 0.182. The van der Waals surface area contributed by atoms with E-state index in [2.05, 4.69) is 30.9 Å². The number of nitrogens with two attached hydrogens (primary N) is 1. The van der Waals surface area contributed by atoms with Crippen LogP contribution >= 0.6 is 22.9 Å². The standard InChI is InChI=1S/C20H15ClF3N9OS.C2H6/c1-33-15(18(34)29-9-7-11(21)17(27-8-9)31-28-6-5-25)13(20(22,23)24)14(32-33)10-3-2-4-12-16(10)35-19(26)30-12;1-2/h2-8,25H,1H3,(H2,26,30)(H,27,31)(H,29,34);1-2H3/b25-5?,28-6-;. The summed E-state index contributed by atoms with van der Waals surface area (Å²) in [5, 5.41) is 17.2. The number of amides is 1. The molecule has 0 spiro atoms. The molecule has 0 bridgehead atoms. The third-order valence-corrected chi connectivity index (χ3v) is 5.87. The number of hydrogen-bond donors (Lipinski definition) is 4. The van der Waals surface area contributed by atoms with Gasteiger partial charge in [-0.1, -0.05) is 48.9 Å². The topological polar surface area (TPSA) is 147 Å². The Morgan fingerprint density at radius 1 is 1.32 bits per heavy atom. The van der Waals surface area contributed by atoms with Crippen LogP contribution in [-0.2, 0) is 13.2 Å². The molecule has 4 rings (SSSR count).